The minimum absolute atomic E-state index is 0.0613. The predicted molar refractivity (Wildman–Crippen MR) is 69.7 cm³/mol. The van der Waals surface area contributed by atoms with E-state index in [0.29, 0.717) is 13.1 Å². The lowest BCUT2D eigenvalue weighted by Crippen LogP contribution is -2.28. The van der Waals surface area contributed by atoms with Crippen LogP contribution in [0.1, 0.15) is 12.8 Å². The van der Waals surface area contributed by atoms with Gasteiger partial charge in [0.15, 0.2) is 0 Å². The lowest BCUT2D eigenvalue weighted by molar-refractivity contribution is -0.141. The van der Waals surface area contributed by atoms with Gasteiger partial charge in [-0.25, -0.2) is 0 Å². The Morgan fingerprint density at radius 3 is 3.05 bits per heavy atom. The molecule has 19 heavy (non-hydrogen) atoms. The number of carboxylic acids is 1. The first kappa shape index (κ1) is 13.3. The Labute approximate surface area is 111 Å². The molecule has 1 fully saturated rings. The van der Waals surface area contributed by atoms with Crippen molar-refractivity contribution in [2.75, 3.05) is 25.0 Å². The SMILES string of the molecule is O=C(O)C1CC(=O)N(CCCNc2cccnc2)C1. The molecule has 0 spiro atoms. The average Bonchev–Trinajstić information content (AvgIpc) is 2.78. The number of anilines is 1. The molecular weight excluding hydrogens is 246 g/mol. The second-order valence-electron chi connectivity index (χ2n) is 4.60. The number of carboxylic acid groups (broad SMARTS) is 1. The molecule has 1 atom stereocenters. The van der Waals surface area contributed by atoms with Crippen LogP contribution in [0.25, 0.3) is 0 Å². The molecule has 1 amide bonds. The zero-order valence-corrected chi connectivity index (χ0v) is 10.6. The van der Waals surface area contributed by atoms with E-state index in [9.17, 15) is 9.59 Å². The molecule has 2 heterocycles. The number of hydrogen-bond donors (Lipinski definition) is 2. The number of nitrogens with one attached hydrogen (secondary N) is 1. The molecule has 102 valence electrons. The molecule has 0 radical (unpaired) electrons. The van der Waals surface area contributed by atoms with Crippen LogP contribution < -0.4 is 5.32 Å². The van der Waals surface area contributed by atoms with Gasteiger partial charge in [0.05, 0.1) is 11.6 Å². The number of likely N-dealkylation sites (tertiary alicyclic amines) is 1. The highest BCUT2D eigenvalue weighted by molar-refractivity contribution is 5.86. The maximum atomic E-state index is 11.6. The van der Waals surface area contributed by atoms with Crippen LogP contribution >= 0.6 is 0 Å². The molecule has 0 saturated carbocycles. The Morgan fingerprint density at radius 2 is 2.42 bits per heavy atom. The van der Waals surface area contributed by atoms with Crippen LogP contribution in [0.2, 0.25) is 0 Å². The summed E-state index contributed by atoms with van der Waals surface area (Å²) >= 11 is 0. The number of aromatic nitrogens is 1. The van der Waals surface area contributed by atoms with E-state index in [-0.39, 0.29) is 12.3 Å². The van der Waals surface area contributed by atoms with Crippen molar-refractivity contribution in [1.82, 2.24) is 9.88 Å². The van der Waals surface area contributed by atoms with Gasteiger partial charge in [0, 0.05) is 38.4 Å². The standard InChI is InChI=1S/C13H17N3O3/c17-12-7-10(13(18)19)9-16(12)6-2-5-15-11-3-1-4-14-8-11/h1,3-4,8,10,15H,2,5-7,9H2,(H,18,19). The van der Waals surface area contributed by atoms with Gasteiger partial charge in [-0.1, -0.05) is 0 Å². The van der Waals surface area contributed by atoms with Crippen molar-refractivity contribution >= 4 is 17.6 Å². The summed E-state index contributed by atoms with van der Waals surface area (Å²) in [6.45, 7) is 1.66. The summed E-state index contributed by atoms with van der Waals surface area (Å²) in [5, 5.41) is 12.1. The summed E-state index contributed by atoms with van der Waals surface area (Å²) in [6, 6.07) is 3.78. The number of amides is 1. The van der Waals surface area contributed by atoms with Crippen LogP contribution in [-0.4, -0.2) is 46.5 Å². The second kappa shape index (κ2) is 6.17. The van der Waals surface area contributed by atoms with Crippen molar-refractivity contribution in [2.45, 2.75) is 12.8 Å². The summed E-state index contributed by atoms with van der Waals surface area (Å²) in [5.41, 5.74) is 0.943. The summed E-state index contributed by atoms with van der Waals surface area (Å²) in [6.07, 6.45) is 4.36. The molecule has 1 saturated heterocycles. The Kier molecular flexibility index (Phi) is 4.33. The van der Waals surface area contributed by atoms with E-state index in [2.05, 4.69) is 10.3 Å². The van der Waals surface area contributed by atoms with Gasteiger partial charge in [-0.15, -0.1) is 0 Å². The van der Waals surface area contributed by atoms with Gasteiger partial charge in [0.1, 0.15) is 0 Å². The Morgan fingerprint density at radius 1 is 1.58 bits per heavy atom. The lowest BCUT2D eigenvalue weighted by Gasteiger charge is -2.16. The van der Waals surface area contributed by atoms with E-state index < -0.39 is 11.9 Å². The maximum absolute atomic E-state index is 11.6. The maximum Gasteiger partial charge on any atom is 0.308 e. The van der Waals surface area contributed by atoms with E-state index in [1.165, 1.54) is 0 Å². The molecule has 6 nitrogen and oxygen atoms in total. The predicted octanol–water partition coefficient (Wildman–Crippen LogP) is 0.817. The monoisotopic (exact) mass is 263 g/mol. The molecule has 1 aromatic heterocycles. The molecule has 1 unspecified atom stereocenters. The van der Waals surface area contributed by atoms with Gasteiger partial charge >= 0.3 is 5.97 Å². The fourth-order valence-corrected chi connectivity index (χ4v) is 2.12. The minimum Gasteiger partial charge on any atom is -0.481 e. The van der Waals surface area contributed by atoms with Crippen molar-refractivity contribution in [3.8, 4) is 0 Å². The van der Waals surface area contributed by atoms with E-state index in [1.54, 1.807) is 17.3 Å². The lowest BCUT2D eigenvalue weighted by atomic mass is 10.1. The highest BCUT2D eigenvalue weighted by atomic mass is 16.4. The molecular formula is C13H17N3O3. The van der Waals surface area contributed by atoms with Crippen LogP contribution in [0.3, 0.4) is 0 Å². The molecule has 2 rings (SSSR count). The Hall–Kier alpha value is -2.11. The molecule has 0 bridgehead atoms. The normalized spacial score (nSPS) is 18.6. The largest absolute Gasteiger partial charge is 0.481 e. The zero-order valence-electron chi connectivity index (χ0n) is 10.6. The van der Waals surface area contributed by atoms with Crippen LogP contribution in [0.15, 0.2) is 24.5 Å². The Balaban J connectivity index is 1.69. The first-order valence-corrected chi connectivity index (χ1v) is 6.31. The molecule has 0 aromatic carbocycles. The van der Waals surface area contributed by atoms with E-state index in [1.807, 2.05) is 12.1 Å². The number of nitrogens with zero attached hydrogens (tertiary/aromatic N) is 2. The molecule has 1 aromatic rings. The third-order valence-corrected chi connectivity index (χ3v) is 3.16. The molecule has 2 N–H and O–H groups in total. The molecule has 1 aliphatic rings. The quantitative estimate of drug-likeness (QED) is 0.742. The van der Waals surface area contributed by atoms with E-state index in [4.69, 9.17) is 5.11 Å². The molecule has 1 aliphatic heterocycles. The van der Waals surface area contributed by atoms with Gasteiger partial charge in [0.2, 0.25) is 5.91 Å². The molecule has 6 heteroatoms. The number of pyridine rings is 1. The van der Waals surface area contributed by atoms with Crippen molar-refractivity contribution < 1.29 is 14.7 Å². The van der Waals surface area contributed by atoms with Crippen molar-refractivity contribution in [3.63, 3.8) is 0 Å². The number of carbonyl (C=O) groups is 2. The number of rotatable bonds is 6. The third-order valence-electron chi connectivity index (χ3n) is 3.16. The van der Waals surface area contributed by atoms with Gasteiger partial charge in [-0.3, -0.25) is 14.6 Å². The molecule has 0 aliphatic carbocycles. The number of hydrogen-bond acceptors (Lipinski definition) is 4. The summed E-state index contributed by atoms with van der Waals surface area (Å²) in [7, 11) is 0. The average molecular weight is 263 g/mol. The first-order valence-electron chi connectivity index (χ1n) is 6.31. The number of aliphatic carboxylic acids is 1. The van der Waals surface area contributed by atoms with Gasteiger partial charge in [-0.2, -0.15) is 0 Å². The second-order valence-corrected chi connectivity index (χ2v) is 4.60. The van der Waals surface area contributed by atoms with Gasteiger partial charge in [-0.05, 0) is 18.6 Å². The number of carbonyl (C=O) groups excluding carboxylic acids is 1. The van der Waals surface area contributed by atoms with Crippen LogP contribution in [0, 0.1) is 5.92 Å². The van der Waals surface area contributed by atoms with Crippen LogP contribution in [-0.2, 0) is 9.59 Å². The van der Waals surface area contributed by atoms with Crippen LogP contribution in [0.4, 0.5) is 5.69 Å². The van der Waals surface area contributed by atoms with Gasteiger partial charge < -0.3 is 15.3 Å². The first-order chi connectivity index (χ1) is 9.16. The van der Waals surface area contributed by atoms with Gasteiger partial charge in [0.25, 0.3) is 0 Å². The van der Waals surface area contributed by atoms with Crippen molar-refractivity contribution in [1.29, 1.82) is 0 Å². The highest BCUT2D eigenvalue weighted by Gasteiger charge is 2.33. The fraction of sp³-hybridized carbons (Fsp3) is 0.462. The fourth-order valence-electron chi connectivity index (χ4n) is 2.12. The van der Waals surface area contributed by atoms with E-state index >= 15 is 0 Å². The summed E-state index contributed by atoms with van der Waals surface area (Å²) < 4.78 is 0. The summed E-state index contributed by atoms with van der Waals surface area (Å²) in [5.74, 6) is -1.49. The highest BCUT2D eigenvalue weighted by Crippen LogP contribution is 2.17. The van der Waals surface area contributed by atoms with E-state index in [0.717, 1.165) is 18.7 Å². The zero-order chi connectivity index (χ0) is 13.7. The summed E-state index contributed by atoms with van der Waals surface area (Å²) in [4.78, 5) is 28.0. The van der Waals surface area contributed by atoms with Crippen molar-refractivity contribution in [2.24, 2.45) is 5.92 Å². The smallest absolute Gasteiger partial charge is 0.308 e. The topological polar surface area (TPSA) is 82.5 Å². The van der Waals surface area contributed by atoms with Crippen LogP contribution in [0.5, 0.6) is 0 Å². The minimum atomic E-state index is -0.885. The Bertz CT molecular complexity index is 450. The third kappa shape index (κ3) is 3.67. The van der Waals surface area contributed by atoms with Crippen molar-refractivity contribution in [3.05, 3.63) is 24.5 Å².